The van der Waals surface area contributed by atoms with Gasteiger partial charge < -0.3 is 15.2 Å². The fraction of sp³-hybridized carbons (Fsp3) is 0.647. The standard InChI is InChI=1S/C17H27NO2/c1-13(2)14-6-8-15(9-7-14)17(19)12-18-11-16-5-3-4-10-20-16/h6-9,13,16-19H,3-5,10-12H2,1-2H3. The molecule has 0 radical (unpaired) electrons. The molecule has 2 N–H and O–H groups in total. The molecule has 2 atom stereocenters. The third-order valence-electron chi connectivity index (χ3n) is 3.97. The predicted molar refractivity (Wildman–Crippen MR) is 82.0 cm³/mol. The molecule has 0 bridgehead atoms. The quantitative estimate of drug-likeness (QED) is 0.840. The molecule has 2 unspecified atom stereocenters. The van der Waals surface area contributed by atoms with Gasteiger partial charge >= 0.3 is 0 Å². The molecule has 1 fully saturated rings. The lowest BCUT2D eigenvalue weighted by molar-refractivity contribution is 0.0152. The Morgan fingerprint density at radius 1 is 1.20 bits per heavy atom. The highest BCUT2D eigenvalue weighted by Crippen LogP contribution is 2.18. The normalized spacial score (nSPS) is 21.1. The summed E-state index contributed by atoms with van der Waals surface area (Å²) in [4.78, 5) is 0. The fourth-order valence-electron chi connectivity index (χ4n) is 2.57. The second-order valence-corrected chi connectivity index (χ2v) is 5.98. The summed E-state index contributed by atoms with van der Waals surface area (Å²) in [5, 5.41) is 13.5. The number of hydrogen-bond donors (Lipinski definition) is 2. The molecule has 0 aliphatic carbocycles. The molecule has 1 aliphatic rings. The molecule has 2 rings (SSSR count). The van der Waals surface area contributed by atoms with Gasteiger partial charge in [-0.1, -0.05) is 38.1 Å². The Morgan fingerprint density at radius 2 is 1.90 bits per heavy atom. The Morgan fingerprint density at radius 3 is 2.50 bits per heavy atom. The van der Waals surface area contributed by atoms with E-state index in [4.69, 9.17) is 4.74 Å². The van der Waals surface area contributed by atoms with E-state index in [9.17, 15) is 5.11 Å². The second kappa shape index (κ2) is 7.77. The van der Waals surface area contributed by atoms with Crippen LogP contribution in [0, 0.1) is 0 Å². The highest BCUT2D eigenvalue weighted by molar-refractivity contribution is 5.26. The Labute approximate surface area is 122 Å². The Hall–Kier alpha value is -0.900. The third-order valence-corrected chi connectivity index (χ3v) is 3.97. The molecule has 1 heterocycles. The molecule has 0 spiro atoms. The van der Waals surface area contributed by atoms with Crippen molar-refractivity contribution in [2.75, 3.05) is 19.7 Å². The molecular weight excluding hydrogens is 250 g/mol. The number of hydrogen-bond acceptors (Lipinski definition) is 3. The molecule has 3 nitrogen and oxygen atoms in total. The summed E-state index contributed by atoms with van der Waals surface area (Å²) >= 11 is 0. The third kappa shape index (κ3) is 4.58. The van der Waals surface area contributed by atoms with Crippen molar-refractivity contribution in [3.63, 3.8) is 0 Å². The van der Waals surface area contributed by atoms with Crippen molar-refractivity contribution in [2.45, 2.75) is 51.2 Å². The highest BCUT2D eigenvalue weighted by atomic mass is 16.5. The molecule has 0 aromatic heterocycles. The molecule has 1 saturated heterocycles. The summed E-state index contributed by atoms with van der Waals surface area (Å²) < 4.78 is 5.66. The number of ether oxygens (including phenoxy) is 1. The van der Waals surface area contributed by atoms with Crippen LogP contribution in [-0.2, 0) is 4.74 Å². The lowest BCUT2D eigenvalue weighted by Crippen LogP contribution is -2.34. The predicted octanol–water partition coefficient (Wildman–Crippen LogP) is 3.00. The van der Waals surface area contributed by atoms with Gasteiger partial charge in [-0.25, -0.2) is 0 Å². The van der Waals surface area contributed by atoms with E-state index in [2.05, 4.69) is 31.3 Å². The van der Waals surface area contributed by atoms with Crippen LogP contribution in [0.25, 0.3) is 0 Å². The first-order chi connectivity index (χ1) is 9.66. The van der Waals surface area contributed by atoms with Crippen molar-refractivity contribution in [2.24, 2.45) is 0 Å². The van der Waals surface area contributed by atoms with Gasteiger partial charge in [0.25, 0.3) is 0 Å². The smallest absolute Gasteiger partial charge is 0.0914 e. The van der Waals surface area contributed by atoms with Crippen LogP contribution in [0.2, 0.25) is 0 Å². The molecule has 20 heavy (non-hydrogen) atoms. The van der Waals surface area contributed by atoms with Crippen molar-refractivity contribution in [3.8, 4) is 0 Å². The first-order valence-electron chi connectivity index (χ1n) is 7.77. The van der Waals surface area contributed by atoms with Crippen LogP contribution >= 0.6 is 0 Å². The van der Waals surface area contributed by atoms with E-state index in [-0.39, 0.29) is 0 Å². The van der Waals surface area contributed by atoms with Crippen LogP contribution in [0.1, 0.15) is 56.3 Å². The number of rotatable bonds is 6. The summed E-state index contributed by atoms with van der Waals surface area (Å²) in [5.41, 5.74) is 2.29. The lowest BCUT2D eigenvalue weighted by Gasteiger charge is -2.23. The van der Waals surface area contributed by atoms with Crippen LogP contribution in [0.5, 0.6) is 0 Å². The van der Waals surface area contributed by atoms with E-state index in [0.29, 0.717) is 18.6 Å². The summed E-state index contributed by atoms with van der Waals surface area (Å²) in [7, 11) is 0. The molecule has 1 aromatic carbocycles. The monoisotopic (exact) mass is 277 g/mol. The SMILES string of the molecule is CC(C)c1ccc(C(O)CNCC2CCCCO2)cc1. The second-order valence-electron chi connectivity index (χ2n) is 5.98. The zero-order chi connectivity index (χ0) is 14.4. The van der Waals surface area contributed by atoms with Gasteiger partial charge in [-0.15, -0.1) is 0 Å². The van der Waals surface area contributed by atoms with Gasteiger partial charge in [0.05, 0.1) is 12.2 Å². The maximum atomic E-state index is 10.2. The van der Waals surface area contributed by atoms with Crippen LogP contribution in [0.15, 0.2) is 24.3 Å². The van der Waals surface area contributed by atoms with Gasteiger partial charge in [0.15, 0.2) is 0 Å². The van der Waals surface area contributed by atoms with Gasteiger partial charge in [0.2, 0.25) is 0 Å². The minimum absolute atomic E-state index is 0.319. The number of aliphatic hydroxyl groups excluding tert-OH is 1. The van der Waals surface area contributed by atoms with E-state index < -0.39 is 6.10 Å². The Bertz CT molecular complexity index is 382. The summed E-state index contributed by atoms with van der Waals surface area (Å²) in [6, 6.07) is 8.26. The van der Waals surface area contributed by atoms with E-state index in [1.807, 2.05) is 12.1 Å². The van der Waals surface area contributed by atoms with Crippen LogP contribution in [-0.4, -0.2) is 30.9 Å². The minimum atomic E-state index is -0.445. The van der Waals surface area contributed by atoms with E-state index >= 15 is 0 Å². The minimum Gasteiger partial charge on any atom is -0.387 e. The first-order valence-corrected chi connectivity index (χ1v) is 7.77. The summed E-state index contributed by atoms with van der Waals surface area (Å²) in [6.07, 6.45) is 3.44. The van der Waals surface area contributed by atoms with E-state index in [1.165, 1.54) is 18.4 Å². The van der Waals surface area contributed by atoms with Gasteiger partial charge in [-0.05, 0) is 36.3 Å². The first kappa shape index (κ1) is 15.5. The fourth-order valence-corrected chi connectivity index (χ4v) is 2.57. The van der Waals surface area contributed by atoms with E-state index in [1.54, 1.807) is 0 Å². The van der Waals surface area contributed by atoms with Gasteiger partial charge in [0.1, 0.15) is 0 Å². The zero-order valence-corrected chi connectivity index (χ0v) is 12.6. The van der Waals surface area contributed by atoms with Crippen LogP contribution < -0.4 is 5.32 Å². The summed E-state index contributed by atoms with van der Waals surface area (Å²) in [6.45, 7) is 6.65. The van der Waals surface area contributed by atoms with Crippen molar-refractivity contribution in [3.05, 3.63) is 35.4 Å². The van der Waals surface area contributed by atoms with Crippen LogP contribution in [0.3, 0.4) is 0 Å². The number of benzene rings is 1. The lowest BCUT2D eigenvalue weighted by atomic mass is 10.00. The van der Waals surface area contributed by atoms with Gasteiger partial charge in [0, 0.05) is 19.7 Å². The average Bonchev–Trinajstić information content (AvgIpc) is 2.48. The molecule has 112 valence electrons. The molecule has 3 heteroatoms. The molecular formula is C17H27NO2. The van der Waals surface area contributed by atoms with Crippen molar-refractivity contribution in [1.29, 1.82) is 0 Å². The molecule has 0 saturated carbocycles. The van der Waals surface area contributed by atoms with E-state index in [0.717, 1.165) is 25.1 Å². The molecule has 1 aliphatic heterocycles. The Balaban J connectivity index is 1.74. The van der Waals surface area contributed by atoms with Crippen molar-refractivity contribution < 1.29 is 9.84 Å². The topological polar surface area (TPSA) is 41.5 Å². The van der Waals surface area contributed by atoms with Crippen molar-refractivity contribution >= 4 is 0 Å². The zero-order valence-electron chi connectivity index (χ0n) is 12.6. The molecule has 0 amide bonds. The average molecular weight is 277 g/mol. The number of nitrogens with one attached hydrogen (secondary N) is 1. The van der Waals surface area contributed by atoms with Crippen molar-refractivity contribution in [1.82, 2.24) is 5.32 Å². The highest BCUT2D eigenvalue weighted by Gasteiger charge is 2.14. The Kier molecular flexibility index (Phi) is 6.02. The molecule has 1 aromatic rings. The van der Waals surface area contributed by atoms with Gasteiger partial charge in [-0.2, -0.15) is 0 Å². The maximum Gasteiger partial charge on any atom is 0.0914 e. The summed E-state index contributed by atoms with van der Waals surface area (Å²) in [5.74, 6) is 0.530. The van der Waals surface area contributed by atoms with Crippen LogP contribution in [0.4, 0.5) is 0 Å². The number of aliphatic hydroxyl groups is 1. The largest absolute Gasteiger partial charge is 0.387 e. The maximum absolute atomic E-state index is 10.2. The van der Waals surface area contributed by atoms with Gasteiger partial charge in [-0.3, -0.25) is 0 Å².